The van der Waals surface area contributed by atoms with E-state index in [1.807, 2.05) is 0 Å². The van der Waals surface area contributed by atoms with Crippen LogP contribution in [0.2, 0.25) is 0 Å². The predicted molar refractivity (Wildman–Crippen MR) is 57.0 cm³/mol. The van der Waals surface area contributed by atoms with Crippen molar-refractivity contribution in [2.75, 3.05) is 0 Å². The zero-order valence-corrected chi connectivity index (χ0v) is 9.21. The zero-order valence-electron chi connectivity index (χ0n) is 7.64. The third-order valence-corrected chi connectivity index (χ3v) is 3.45. The van der Waals surface area contributed by atoms with E-state index in [9.17, 15) is 18.0 Å². The fourth-order valence-corrected chi connectivity index (χ4v) is 2.76. The smallest absolute Gasteiger partial charge is 0.276 e. The van der Waals surface area contributed by atoms with Gasteiger partial charge in [-0.25, -0.2) is 0 Å². The Morgan fingerprint density at radius 3 is 2.44 bits per heavy atom. The number of carbonyl (C=O) groups is 1. The van der Waals surface area contributed by atoms with E-state index < -0.39 is 21.9 Å². The Hall–Kier alpha value is -1.07. The zero-order chi connectivity index (χ0) is 11.9. The molecule has 0 amide bonds. The molecule has 0 radical (unpaired) electrons. The Labute approximate surface area is 97.4 Å². The van der Waals surface area contributed by atoms with Crippen LogP contribution in [0.4, 0.5) is 13.2 Å². The lowest BCUT2D eigenvalue weighted by molar-refractivity contribution is -0.134. The average molecular weight is 265 g/mol. The molecule has 0 saturated heterocycles. The number of halogens is 4. The second-order valence-corrected chi connectivity index (χ2v) is 4.47. The summed E-state index contributed by atoms with van der Waals surface area (Å²) in [7, 11) is 0. The summed E-state index contributed by atoms with van der Waals surface area (Å²) in [4.78, 5) is 10.1. The van der Waals surface area contributed by atoms with Gasteiger partial charge in [0, 0.05) is 10.1 Å². The van der Waals surface area contributed by atoms with Crippen LogP contribution in [-0.4, -0.2) is 5.24 Å². The van der Waals surface area contributed by atoms with Gasteiger partial charge >= 0.3 is 6.18 Å². The molecule has 1 heterocycles. The van der Waals surface area contributed by atoms with E-state index in [1.54, 1.807) is 12.1 Å². The van der Waals surface area contributed by atoms with Crippen LogP contribution in [0.5, 0.6) is 0 Å². The number of hydrogen-bond donors (Lipinski definition) is 0. The summed E-state index contributed by atoms with van der Waals surface area (Å²) in [5, 5.41) is -0.829. The van der Waals surface area contributed by atoms with Crippen molar-refractivity contribution < 1.29 is 18.0 Å². The molecule has 0 fully saturated rings. The molecule has 0 aliphatic carbocycles. The lowest BCUT2D eigenvalue weighted by atomic mass is 10.1. The Bertz CT molecular complexity index is 559. The summed E-state index contributed by atoms with van der Waals surface area (Å²) in [6.45, 7) is 0. The third-order valence-electron chi connectivity index (χ3n) is 2.05. The third kappa shape index (κ3) is 1.81. The normalized spacial score (nSPS) is 12.0. The molecule has 0 saturated carbocycles. The molecule has 0 aliphatic heterocycles. The van der Waals surface area contributed by atoms with Gasteiger partial charge < -0.3 is 0 Å². The van der Waals surface area contributed by atoms with Crippen molar-refractivity contribution >= 4 is 38.3 Å². The number of fused-ring (bicyclic) bond motifs is 1. The summed E-state index contributed by atoms with van der Waals surface area (Å²) in [5.74, 6) is 0. The summed E-state index contributed by atoms with van der Waals surface area (Å²) in [6.07, 6.45) is -4.55. The lowest BCUT2D eigenvalue weighted by Crippen LogP contribution is -2.07. The van der Waals surface area contributed by atoms with E-state index in [-0.39, 0.29) is 5.39 Å². The van der Waals surface area contributed by atoms with Gasteiger partial charge in [-0.2, -0.15) is 13.2 Å². The van der Waals surface area contributed by atoms with Crippen molar-refractivity contribution in [3.05, 3.63) is 34.7 Å². The second kappa shape index (κ2) is 3.75. The van der Waals surface area contributed by atoms with Crippen LogP contribution in [0, 0.1) is 0 Å². The van der Waals surface area contributed by atoms with Crippen molar-refractivity contribution in [3.63, 3.8) is 0 Å². The fraction of sp³-hybridized carbons (Fsp3) is 0.100. The van der Waals surface area contributed by atoms with E-state index in [2.05, 4.69) is 0 Å². The van der Waals surface area contributed by atoms with Crippen molar-refractivity contribution in [1.29, 1.82) is 0 Å². The van der Waals surface area contributed by atoms with E-state index in [4.69, 9.17) is 11.6 Å². The molecule has 0 N–H and O–H groups in total. The molecule has 0 unspecified atom stereocenters. The minimum atomic E-state index is -4.55. The summed E-state index contributed by atoms with van der Waals surface area (Å²) < 4.78 is 38.3. The molecule has 0 atom stereocenters. The van der Waals surface area contributed by atoms with Crippen molar-refractivity contribution in [1.82, 2.24) is 0 Å². The molecule has 16 heavy (non-hydrogen) atoms. The minimum absolute atomic E-state index is 0.250. The molecule has 2 rings (SSSR count). The standard InChI is InChI=1S/C10H4ClF3OS/c11-9(15)7-5-3-1-2-4-6(5)16-8(7)10(12,13)14/h1-4H. The van der Waals surface area contributed by atoms with Crippen LogP contribution in [0.15, 0.2) is 24.3 Å². The highest BCUT2D eigenvalue weighted by Gasteiger charge is 2.38. The largest absolute Gasteiger partial charge is 0.426 e. The molecule has 0 aliphatic rings. The first-order valence-corrected chi connectivity index (χ1v) is 5.39. The van der Waals surface area contributed by atoms with E-state index in [0.717, 1.165) is 0 Å². The van der Waals surface area contributed by atoms with Gasteiger partial charge in [0.1, 0.15) is 4.88 Å². The van der Waals surface area contributed by atoms with E-state index in [1.165, 1.54) is 12.1 Å². The lowest BCUT2D eigenvalue weighted by Gasteiger charge is -2.04. The van der Waals surface area contributed by atoms with Crippen molar-refractivity contribution in [2.45, 2.75) is 6.18 Å². The van der Waals surface area contributed by atoms with Gasteiger partial charge in [-0.1, -0.05) is 18.2 Å². The second-order valence-electron chi connectivity index (χ2n) is 3.07. The molecule has 0 bridgehead atoms. The Balaban J connectivity index is 2.84. The monoisotopic (exact) mass is 264 g/mol. The van der Waals surface area contributed by atoms with Gasteiger partial charge in [0.25, 0.3) is 5.24 Å². The highest BCUT2D eigenvalue weighted by Crippen LogP contribution is 2.42. The van der Waals surface area contributed by atoms with Gasteiger partial charge in [0.2, 0.25) is 0 Å². The summed E-state index contributed by atoms with van der Waals surface area (Å²) in [6, 6.07) is 6.16. The summed E-state index contributed by atoms with van der Waals surface area (Å²) in [5.41, 5.74) is -0.449. The number of benzene rings is 1. The maximum atomic E-state index is 12.6. The van der Waals surface area contributed by atoms with Gasteiger partial charge in [-0.3, -0.25) is 4.79 Å². The fourth-order valence-electron chi connectivity index (χ4n) is 1.44. The summed E-state index contributed by atoms with van der Waals surface area (Å²) >= 11 is 5.73. The SMILES string of the molecule is O=C(Cl)c1c(C(F)(F)F)sc2ccccc12. The topological polar surface area (TPSA) is 17.1 Å². The maximum absolute atomic E-state index is 12.6. The minimum Gasteiger partial charge on any atom is -0.276 e. The van der Waals surface area contributed by atoms with Gasteiger partial charge in [-0.05, 0) is 17.7 Å². The number of thiophene rings is 1. The highest BCUT2D eigenvalue weighted by atomic mass is 35.5. The first kappa shape index (κ1) is 11.4. The Kier molecular flexibility index (Phi) is 2.67. The average Bonchev–Trinajstić information content (AvgIpc) is 2.55. The van der Waals surface area contributed by atoms with Crippen molar-refractivity contribution in [2.24, 2.45) is 0 Å². The van der Waals surface area contributed by atoms with Crippen molar-refractivity contribution in [3.8, 4) is 0 Å². The van der Waals surface area contributed by atoms with Crippen LogP contribution in [0.1, 0.15) is 15.2 Å². The van der Waals surface area contributed by atoms with Crippen LogP contribution in [0.3, 0.4) is 0 Å². The number of carbonyl (C=O) groups excluding carboxylic acids is 1. The van der Waals surface area contributed by atoms with Crippen LogP contribution < -0.4 is 0 Å². The number of alkyl halides is 3. The number of hydrogen-bond acceptors (Lipinski definition) is 2. The quantitative estimate of drug-likeness (QED) is 0.702. The van der Waals surface area contributed by atoms with E-state index >= 15 is 0 Å². The van der Waals surface area contributed by atoms with Crippen LogP contribution in [0.25, 0.3) is 10.1 Å². The molecule has 0 spiro atoms. The molecular formula is C10H4ClF3OS. The maximum Gasteiger partial charge on any atom is 0.426 e. The van der Waals surface area contributed by atoms with Crippen LogP contribution in [-0.2, 0) is 6.18 Å². The van der Waals surface area contributed by atoms with Crippen LogP contribution >= 0.6 is 22.9 Å². The number of rotatable bonds is 1. The molecule has 84 valence electrons. The predicted octanol–water partition coefficient (Wildman–Crippen LogP) is 4.30. The Morgan fingerprint density at radius 1 is 1.25 bits per heavy atom. The first-order valence-electron chi connectivity index (χ1n) is 4.20. The molecule has 6 heteroatoms. The molecular weight excluding hydrogens is 261 g/mol. The molecule has 1 aromatic carbocycles. The molecule has 1 nitrogen and oxygen atoms in total. The Morgan fingerprint density at radius 2 is 1.88 bits per heavy atom. The van der Waals surface area contributed by atoms with E-state index in [0.29, 0.717) is 16.0 Å². The first-order chi connectivity index (χ1) is 7.41. The van der Waals surface area contributed by atoms with Gasteiger partial charge in [-0.15, -0.1) is 11.3 Å². The highest BCUT2D eigenvalue weighted by molar-refractivity contribution is 7.19. The molecule has 2 aromatic rings. The van der Waals surface area contributed by atoms with Gasteiger partial charge in [0.05, 0.1) is 5.56 Å². The molecule has 1 aromatic heterocycles. The van der Waals surface area contributed by atoms with Gasteiger partial charge in [0.15, 0.2) is 0 Å².